The second-order valence-electron chi connectivity index (χ2n) is 4.55. The van der Waals surface area contributed by atoms with E-state index in [4.69, 9.17) is 9.47 Å². The molecule has 0 fully saturated rings. The lowest BCUT2D eigenvalue weighted by atomic mass is 9.90. The van der Waals surface area contributed by atoms with E-state index in [0.717, 1.165) is 0 Å². The van der Waals surface area contributed by atoms with E-state index in [9.17, 15) is 14.9 Å². The minimum absolute atomic E-state index is 0.0348. The first kappa shape index (κ1) is 15.5. The summed E-state index contributed by atoms with van der Waals surface area (Å²) in [5.41, 5.74) is 1.21. The van der Waals surface area contributed by atoms with Gasteiger partial charge in [0.2, 0.25) is 0 Å². The average molecular weight is 301 g/mol. The molecule has 2 rings (SSSR count). The Morgan fingerprint density at radius 3 is 2.27 bits per heavy atom. The summed E-state index contributed by atoms with van der Waals surface area (Å²) in [6.45, 7) is 0. The Morgan fingerprint density at radius 1 is 1.09 bits per heavy atom. The molecule has 0 bridgehead atoms. The van der Waals surface area contributed by atoms with Gasteiger partial charge < -0.3 is 9.47 Å². The largest absolute Gasteiger partial charge is 0.496 e. The number of hydrogen-bond acceptors (Lipinski definition) is 5. The number of nitrogens with zero attached hydrogens (tertiary/aromatic N) is 1. The Kier molecular flexibility index (Phi) is 4.73. The third kappa shape index (κ3) is 3.06. The third-order valence-electron chi connectivity index (χ3n) is 3.32. The van der Waals surface area contributed by atoms with E-state index >= 15 is 0 Å². The normalized spacial score (nSPS) is 11.5. The molecule has 0 aliphatic rings. The molecule has 0 aliphatic heterocycles. The van der Waals surface area contributed by atoms with Crippen molar-refractivity contribution in [1.29, 1.82) is 0 Å². The molecule has 6 nitrogen and oxygen atoms in total. The highest BCUT2D eigenvalue weighted by Crippen LogP contribution is 2.33. The summed E-state index contributed by atoms with van der Waals surface area (Å²) in [6.07, 6.45) is 0. The van der Waals surface area contributed by atoms with Crippen molar-refractivity contribution < 1.29 is 19.2 Å². The van der Waals surface area contributed by atoms with Crippen molar-refractivity contribution in [2.45, 2.75) is 5.92 Å². The first-order valence-corrected chi connectivity index (χ1v) is 6.53. The van der Waals surface area contributed by atoms with Crippen LogP contribution in [0.15, 0.2) is 48.5 Å². The number of benzene rings is 2. The maximum Gasteiger partial charge on any atom is 0.317 e. The van der Waals surface area contributed by atoms with Crippen molar-refractivity contribution in [2.75, 3.05) is 14.2 Å². The van der Waals surface area contributed by atoms with Gasteiger partial charge in [-0.3, -0.25) is 14.9 Å². The van der Waals surface area contributed by atoms with Crippen molar-refractivity contribution >= 4 is 11.7 Å². The zero-order valence-corrected chi connectivity index (χ0v) is 12.2. The molecule has 0 saturated carbocycles. The smallest absolute Gasteiger partial charge is 0.317 e. The van der Waals surface area contributed by atoms with Crippen LogP contribution in [0.4, 0.5) is 5.69 Å². The van der Waals surface area contributed by atoms with Gasteiger partial charge in [0.05, 0.1) is 19.1 Å². The van der Waals surface area contributed by atoms with E-state index in [1.165, 1.54) is 26.4 Å². The van der Waals surface area contributed by atoms with Crippen molar-refractivity contribution in [3.8, 4) is 5.75 Å². The van der Waals surface area contributed by atoms with Crippen LogP contribution in [0.25, 0.3) is 0 Å². The Labute approximate surface area is 127 Å². The van der Waals surface area contributed by atoms with Gasteiger partial charge in [-0.2, -0.15) is 0 Å². The quantitative estimate of drug-likeness (QED) is 0.482. The van der Waals surface area contributed by atoms with E-state index in [1.54, 1.807) is 36.4 Å². The molecule has 22 heavy (non-hydrogen) atoms. The fraction of sp³-hybridized carbons (Fsp3) is 0.188. The Morgan fingerprint density at radius 2 is 1.73 bits per heavy atom. The number of nitro groups is 1. The van der Waals surface area contributed by atoms with Crippen LogP contribution < -0.4 is 4.74 Å². The minimum atomic E-state index is -0.707. The van der Waals surface area contributed by atoms with Gasteiger partial charge in [0.1, 0.15) is 11.7 Å². The van der Waals surface area contributed by atoms with Gasteiger partial charge in [0.25, 0.3) is 5.69 Å². The summed E-state index contributed by atoms with van der Waals surface area (Å²) >= 11 is 0. The molecule has 0 unspecified atom stereocenters. The monoisotopic (exact) mass is 301 g/mol. The number of carbonyl (C=O) groups is 1. The van der Waals surface area contributed by atoms with Crippen LogP contribution in [-0.2, 0) is 9.53 Å². The van der Waals surface area contributed by atoms with Crippen LogP contribution in [0.2, 0.25) is 0 Å². The van der Waals surface area contributed by atoms with Crippen LogP contribution in [0.3, 0.4) is 0 Å². The van der Waals surface area contributed by atoms with Gasteiger partial charge in [-0.25, -0.2) is 0 Å². The summed E-state index contributed by atoms with van der Waals surface area (Å²) in [5, 5.41) is 10.7. The number of rotatable bonds is 5. The van der Waals surface area contributed by atoms with Gasteiger partial charge in [0, 0.05) is 17.7 Å². The lowest BCUT2D eigenvalue weighted by Crippen LogP contribution is -2.16. The minimum Gasteiger partial charge on any atom is -0.496 e. The molecular weight excluding hydrogens is 286 g/mol. The van der Waals surface area contributed by atoms with Crippen LogP contribution in [0.1, 0.15) is 17.0 Å². The molecule has 0 amide bonds. The number of nitro benzene ring substituents is 1. The summed E-state index contributed by atoms with van der Waals surface area (Å²) in [7, 11) is 2.82. The molecule has 6 heteroatoms. The third-order valence-corrected chi connectivity index (χ3v) is 3.32. The van der Waals surface area contributed by atoms with Crippen LogP contribution in [0.5, 0.6) is 5.75 Å². The molecular formula is C16H15NO5. The van der Waals surface area contributed by atoms with Gasteiger partial charge >= 0.3 is 5.97 Å². The van der Waals surface area contributed by atoms with Crippen molar-refractivity contribution in [2.24, 2.45) is 0 Å². The molecule has 114 valence electrons. The van der Waals surface area contributed by atoms with Gasteiger partial charge in [-0.1, -0.05) is 30.3 Å². The highest BCUT2D eigenvalue weighted by atomic mass is 16.6. The van der Waals surface area contributed by atoms with E-state index in [0.29, 0.717) is 16.9 Å². The number of non-ortho nitro benzene ring substituents is 1. The highest BCUT2D eigenvalue weighted by molar-refractivity contribution is 5.83. The molecule has 2 aromatic carbocycles. The zero-order valence-electron chi connectivity index (χ0n) is 12.2. The second kappa shape index (κ2) is 6.71. The summed E-state index contributed by atoms with van der Waals surface area (Å²) in [4.78, 5) is 22.4. The lowest BCUT2D eigenvalue weighted by Gasteiger charge is -2.18. The summed E-state index contributed by atoms with van der Waals surface area (Å²) < 4.78 is 10.2. The molecule has 1 atom stereocenters. The van der Waals surface area contributed by atoms with Gasteiger partial charge in [0.15, 0.2) is 0 Å². The summed E-state index contributed by atoms with van der Waals surface area (Å²) in [5.74, 6) is -0.614. The van der Waals surface area contributed by atoms with Crippen molar-refractivity contribution in [1.82, 2.24) is 0 Å². The predicted octanol–water partition coefficient (Wildman–Crippen LogP) is 2.91. The summed E-state index contributed by atoms with van der Waals surface area (Å²) in [6, 6.07) is 12.9. The lowest BCUT2D eigenvalue weighted by molar-refractivity contribution is -0.384. The SMILES string of the molecule is COC(=O)[C@@H](c1ccc([N+](=O)[O-])cc1)c1ccccc1OC. The average Bonchev–Trinajstić information content (AvgIpc) is 2.55. The zero-order chi connectivity index (χ0) is 16.1. The number of hydrogen-bond donors (Lipinski definition) is 0. The van der Waals surface area contributed by atoms with Crippen LogP contribution in [-0.4, -0.2) is 25.1 Å². The van der Waals surface area contributed by atoms with Crippen LogP contribution in [0, 0.1) is 10.1 Å². The molecule has 0 saturated heterocycles. The maximum absolute atomic E-state index is 12.2. The molecule has 0 spiro atoms. The maximum atomic E-state index is 12.2. The molecule has 2 aromatic rings. The number of methoxy groups -OCH3 is 2. The van der Waals surface area contributed by atoms with Crippen molar-refractivity contribution in [3.05, 3.63) is 69.8 Å². The first-order valence-electron chi connectivity index (χ1n) is 6.53. The highest BCUT2D eigenvalue weighted by Gasteiger charge is 2.27. The van der Waals surface area contributed by atoms with Crippen LogP contribution >= 0.6 is 0 Å². The predicted molar refractivity (Wildman–Crippen MR) is 79.9 cm³/mol. The Balaban J connectivity index is 2.51. The Hall–Kier alpha value is -2.89. The van der Waals surface area contributed by atoms with Gasteiger partial charge in [-0.05, 0) is 11.6 Å². The molecule has 0 aromatic heterocycles. The molecule has 0 heterocycles. The Bertz CT molecular complexity index is 681. The second-order valence-corrected chi connectivity index (χ2v) is 4.55. The number of ether oxygens (including phenoxy) is 2. The fourth-order valence-corrected chi connectivity index (χ4v) is 2.25. The number of para-hydroxylation sites is 1. The van der Waals surface area contributed by atoms with E-state index in [-0.39, 0.29) is 5.69 Å². The fourth-order valence-electron chi connectivity index (χ4n) is 2.25. The van der Waals surface area contributed by atoms with E-state index < -0.39 is 16.8 Å². The molecule has 0 aliphatic carbocycles. The topological polar surface area (TPSA) is 78.7 Å². The van der Waals surface area contributed by atoms with E-state index in [2.05, 4.69) is 0 Å². The van der Waals surface area contributed by atoms with Crippen molar-refractivity contribution in [3.63, 3.8) is 0 Å². The van der Waals surface area contributed by atoms with Gasteiger partial charge in [-0.15, -0.1) is 0 Å². The molecule has 0 N–H and O–H groups in total. The molecule has 0 radical (unpaired) electrons. The standard InChI is InChI=1S/C16H15NO5/c1-21-14-6-4-3-5-13(14)15(16(18)22-2)11-7-9-12(10-8-11)17(19)20/h3-10,15H,1-2H3/t15-/m0/s1. The first-order chi connectivity index (χ1) is 10.6. The van der Waals surface area contributed by atoms with E-state index in [1.807, 2.05) is 0 Å². The number of carbonyl (C=O) groups excluding carboxylic acids is 1. The number of esters is 1.